The van der Waals surface area contributed by atoms with Crippen molar-refractivity contribution < 1.29 is 24.2 Å². The van der Waals surface area contributed by atoms with E-state index >= 15 is 0 Å². The highest BCUT2D eigenvalue weighted by Gasteiger charge is 2.18. The summed E-state index contributed by atoms with van der Waals surface area (Å²) in [5.74, 6) is -1.09. The second-order valence-corrected chi connectivity index (χ2v) is 6.45. The molecule has 0 atom stereocenters. The number of carbonyl (C=O) groups is 2. The molecule has 8 nitrogen and oxygen atoms in total. The van der Waals surface area contributed by atoms with Gasteiger partial charge in [0.25, 0.3) is 5.91 Å². The van der Waals surface area contributed by atoms with E-state index in [0.29, 0.717) is 22.1 Å². The summed E-state index contributed by atoms with van der Waals surface area (Å²) in [4.78, 5) is 28.4. The molecule has 0 aliphatic rings. The van der Waals surface area contributed by atoms with Crippen molar-refractivity contribution in [3.05, 3.63) is 59.1 Å². The van der Waals surface area contributed by atoms with E-state index in [4.69, 9.17) is 9.47 Å². The molecule has 0 saturated carbocycles. The van der Waals surface area contributed by atoms with E-state index in [1.54, 1.807) is 30.5 Å². The van der Waals surface area contributed by atoms with E-state index in [-0.39, 0.29) is 17.0 Å². The first-order valence-electron chi connectivity index (χ1n) is 8.09. The van der Waals surface area contributed by atoms with Crippen LogP contribution >= 0.6 is 11.3 Å². The maximum Gasteiger partial charge on any atom is 0.337 e. The number of benzene rings is 2. The van der Waals surface area contributed by atoms with Crippen molar-refractivity contribution in [1.82, 2.24) is 4.98 Å². The summed E-state index contributed by atoms with van der Waals surface area (Å²) >= 11 is 1.43. The molecule has 0 saturated heterocycles. The van der Waals surface area contributed by atoms with Crippen LogP contribution in [0.2, 0.25) is 0 Å². The first-order valence-corrected chi connectivity index (χ1v) is 8.97. The molecule has 1 aromatic heterocycles. The number of carbonyl (C=O) groups excluding carboxylic acids is 1. The third kappa shape index (κ3) is 4.21. The van der Waals surface area contributed by atoms with Crippen molar-refractivity contribution in [1.29, 1.82) is 0 Å². The highest BCUT2D eigenvalue weighted by molar-refractivity contribution is 7.13. The second kappa shape index (κ2) is 8.40. The SMILES string of the molecule is COc1cc(NC(=O)c2cccc(Nc3nccs3)c2)c(C(=O)O)cc1OC. The first kappa shape index (κ1) is 19.2. The zero-order valence-electron chi connectivity index (χ0n) is 15.1. The van der Waals surface area contributed by atoms with Gasteiger partial charge in [0.05, 0.1) is 25.5 Å². The van der Waals surface area contributed by atoms with Crippen LogP contribution in [0.25, 0.3) is 0 Å². The number of nitrogens with zero attached hydrogens (tertiary/aromatic N) is 1. The van der Waals surface area contributed by atoms with Gasteiger partial charge in [-0.05, 0) is 18.2 Å². The third-order valence-electron chi connectivity index (χ3n) is 3.81. The summed E-state index contributed by atoms with van der Waals surface area (Å²) in [5, 5.41) is 17.7. The fraction of sp³-hybridized carbons (Fsp3) is 0.105. The Kier molecular flexibility index (Phi) is 5.75. The van der Waals surface area contributed by atoms with E-state index in [1.807, 2.05) is 5.38 Å². The normalized spacial score (nSPS) is 10.2. The Labute approximate surface area is 164 Å². The Bertz CT molecular complexity index is 1000. The number of hydrogen-bond donors (Lipinski definition) is 3. The number of ether oxygens (including phenoxy) is 2. The predicted molar refractivity (Wildman–Crippen MR) is 106 cm³/mol. The minimum atomic E-state index is -1.20. The van der Waals surface area contributed by atoms with Gasteiger partial charge in [0.15, 0.2) is 16.6 Å². The highest BCUT2D eigenvalue weighted by Crippen LogP contribution is 2.33. The lowest BCUT2D eigenvalue weighted by Gasteiger charge is -2.14. The van der Waals surface area contributed by atoms with Crippen molar-refractivity contribution >= 4 is 39.7 Å². The molecule has 1 amide bonds. The molecular formula is C19H17N3O5S. The van der Waals surface area contributed by atoms with Crippen LogP contribution in [0.3, 0.4) is 0 Å². The van der Waals surface area contributed by atoms with Crippen molar-refractivity contribution in [2.24, 2.45) is 0 Å². The van der Waals surface area contributed by atoms with Crippen LogP contribution in [-0.4, -0.2) is 36.2 Å². The zero-order valence-corrected chi connectivity index (χ0v) is 15.9. The van der Waals surface area contributed by atoms with Gasteiger partial charge in [-0.3, -0.25) is 4.79 Å². The lowest BCUT2D eigenvalue weighted by Crippen LogP contribution is -2.15. The van der Waals surface area contributed by atoms with Crippen molar-refractivity contribution in [2.45, 2.75) is 0 Å². The Balaban J connectivity index is 1.87. The first-order chi connectivity index (χ1) is 13.5. The molecule has 0 fully saturated rings. The van der Waals surface area contributed by atoms with Gasteiger partial charge in [-0.15, -0.1) is 11.3 Å². The highest BCUT2D eigenvalue weighted by atomic mass is 32.1. The zero-order chi connectivity index (χ0) is 20.1. The molecule has 3 N–H and O–H groups in total. The Hall–Kier alpha value is -3.59. The van der Waals surface area contributed by atoms with Gasteiger partial charge in [0, 0.05) is 35.0 Å². The van der Waals surface area contributed by atoms with Gasteiger partial charge in [0.1, 0.15) is 0 Å². The van der Waals surface area contributed by atoms with E-state index in [2.05, 4.69) is 15.6 Å². The monoisotopic (exact) mass is 399 g/mol. The van der Waals surface area contributed by atoms with Crippen LogP contribution < -0.4 is 20.1 Å². The number of anilines is 3. The average molecular weight is 399 g/mol. The Morgan fingerprint density at radius 3 is 2.50 bits per heavy atom. The molecule has 0 spiro atoms. The molecule has 0 bridgehead atoms. The van der Waals surface area contributed by atoms with E-state index in [9.17, 15) is 14.7 Å². The van der Waals surface area contributed by atoms with E-state index in [1.165, 1.54) is 37.7 Å². The van der Waals surface area contributed by atoms with Gasteiger partial charge in [-0.1, -0.05) is 6.07 Å². The Morgan fingerprint density at radius 1 is 1.11 bits per heavy atom. The summed E-state index contributed by atoms with van der Waals surface area (Å²) in [6, 6.07) is 9.52. The smallest absolute Gasteiger partial charge is 0.337 e. The molecule has 0 unspecified atom stereocenters. The van der Waals surface area contributed by atoms with Crippen LogP contribution in [-0.2, 0) is 0 Å². The van der Waals surface area contributed by atoms with Crippen molar-refractivity contribution in [2.75, 3.05) is 24.9 Å². The fourth-order valence-electron chi connectivity index (χ4n) is 2.50. The molecule has 0 radical (unpaired) electrons. The van der Waals surface area contributed by atoms with Gasteiger partial charge in [-0.2, -0.15) is 0 Å². The average Bonchev–Trinajstić information content (AvgIpc) is 3.20. The number of rotatable bonds is 7. The third-order valence-corrected chi connectivity index (χ3v) is 4.50. The lowest BCUT2D eigenvalue weighted by atomic mass is 10.1. The number of nitrogens with one attached hydrogen (secondary N) is 2. The minimum absolute atomic E-state index is 0.105. The number of carboxylic acids is 1. The van der Waals surface area contributed by atoms with Crippen LogP contribution in [0.1, 0.15) is 20.7 Å². The molecule has 9 heteroatoms. The number of methoxy groups -OCH3 is 2. The standard InChI is InChI=1S/C19H17N3O5S/c1-26-15-9-13(18(24)25)14(10-16(15)27-2)22-17(23)11-4-3-5-12(8-11)21-19-20-6-7-28-19/h3-10H,1-2H3,(H,20,21)(H,22,23)(H,24,25). The Morgan fingerprint density at radius 2 is 1.86 bits per heavy atom. The predicted octanol–water partition coefficient (Wildman–Crippen LogP) is 3.85. The topological polar surface area (TPSA) is 110 Å². The number of aromatic nitrogens is 1. The molecule has 0 aliphatic heterocycles. The molecule has 0 aliphatic carbocycles. The molecule has 1 heterocycles. The summed E-state index contributed by atoms with van der Waals surface area (Å²) in [6.07, 6.45) is 1.67. The molecular weight excluding hydrogens is 382 g/mol. The number of carboxylic acid groups (broad SMARTS) is 1. The van der Waals surface area contributed by atoms with Crippen LogP contribution in [0.4, 0.5) is 16.5 Å². The quantitative estimate of drug-likeness (QED) is 0.553. The number of hydrogen-bond acceptors (Lipinski definition) is 7. The van der Waals surface area contributed by atoms with Crippen molar-refractivity contribution in [3.63, 3.8) is 0 Å². The summed E-state index contributed by atoms with van der Waals surface area (Å²) in [7, 11) is 2.83. The fourth-order valence-corrected chi connectivity index (χ4v) is 3.05. The number of thiazole rings is 1. The molecule has 2 aromatic carbocycles. The lowest BCUT2D eigenvalue weighted by molar-refractivity contribution is 0.0697. The van der Waals surface area contributed by atoms with Gasteiger partial charge in [-0.25, -0.2) is 9.78 Å². The second-order valence-electron chi connectivity index (χ2n) is 5.56. The number of amides is 1. The molecule has 144 valence electrons. The van der Waals surface area contributed by atoms with Gasteiger partial charge < -0.3 is 25.2 Å². The van der Waals surface area contributed by atoms with E-state index in [0.717, 1.165) is 0 Å². The molecule has 3 aromatic rings. The summed E-state index contributed by atoms with van der Waals surface area (Å²) < 4.78 is 10.3. The van der Waals surface area contributed by atoms with Crippen LogP contribution in [0, 0.1) is 0 Å². The van der Waals surface area contributed by atoms with Gasteiger partial charge in [0.2, 0.25) is 0 Å². The summed E-state index contributed by atoms with van der Waals surface area (Å²) in [5.41, 5.74) is 1.04. The number of aromatic carboxylic acids is 1. The molecule has 3 rings (SSSR count). The van der Waals surface area contributed by atoms with Gasteiger partial charge >= 0.3 is 5.97 Å². The largest absolute Gasteiger partial charge is 0.493 e. The summed E-state index contributed by atoms with van der Waals surface area (Å²) in [6.45, 7) is 0. The molecule has 28 heavy (non-hydrogen) atoms. The van der Waals surface area contributed by atoms with Crippen LogP contribution in [0.15, 0.2) is 48.0 Å². The van der Waals surface area contributed by atoms with Crippen molar-refractivity contribution in [3.8, 4) is 11.5 Å². The maximum absolute atomic E-state index is 12.7. The maximum atomic E-state index is 12.7. The minimum Gasteiger partial charge on any atom is -0.493 e. The van der Waals surface area contributed by atoms with E-state index < -0.39 is 11.9 Å². The van der Waals surface area contributed by atoms with Crippen LogP contribution in [0.5, 0.6) is 11.5 Å².